The van der Waals surface area contributed by atoms with Crippen LogP contribution in [0.2, 0.25) is 0 Å². The van der Waals surface area contributed by atoms with Gasteiger partial charge < -0.3 is 21.0 Å². The van der Waals surface area contributed by atoms with Gasteiger partial charge in [0.15, 0.2) is 5.84 Å². The Labute approximate surface area is 95.8 Å². The molecule has 0 spiro atoms. The number of hydrogen-bond donors (Lipinski definition) is 3. The maximum Gasteiger partial charge on any atom is 0.231 e. The van der Waals surface area contributed by atoms with Gasteiger partial charge in [-0.1, -0.05) is 12.1 Å². The smallest absolute Gasteiger partial charge is 0.231 e. The van der Waals surface area contributed by atoms with E-state index in [1.165, 1.54) is 0 Å². The third kappa shape index (κ3) is 4.48. The first-order chi connectivity index (χ1) is 7.37. The summed E-state index contributed by atoms with van der Waals surface area (Å²) >= 11 is 0. The molecule has 4 N–H and O–H groups in total. The molecule has 0 fully saturated rings. The molecule has 1 amide bonds. The number of nitrogens with one attached hydrogen (secondary N) is 1. The lowest BCUT2D eigenvalue weighted by molar-refractivity contribution is -0.125. The third-order valence-electron chi connectivity index (χ3n) is 2.16. The molecule has 0 aromatic rings. The average Bonchev–Trinajstić information content (AvgIpc) is 2.17. The van der Waals surface area contributed by atoms with Gasteiger partial charge in [0.2, 0.25) is 5.91 Å². The van der Waals surface area contributed by atoms with Gasteiger partial charge in [0.05, 0.1) is 18.1 Å². The maximum absolute atomic E-state index is 11.8. The normalized spacial score (nSPS) is 14.6. The van der Waals surface area contributed by atoms with Crippen LogP contribution in [-0.4, -0.2) is 36.2 Å². The van der Waals surface area contributed by atoms with E-state index in [4.69, 9.17) is 15.7 Å². The molecule has 0 radical (unpaired) electrons. The topological polar surface area (TPSA) is 96.9 Å². The highest BCUT2D eigenvalue weighted by Crippen LogP contribution is 2.08. The summed E-state index contributed by atoms with van der Waals surface area (Å²) < 4.78 is 4.98. The molecule has 94 valence electrons. The molecule has 0 saturated carbocycles. The van der Waals surface area contributed by atoms with E-state index in [1.54, 1.807) is 14.0 Å². The van der Waals surface area contributed by atoms with Crippen LogP contribution in [0.1, 0.15) is 27.2 Å². The van der Waals surface area contributed by atoms with E-state index in [0.717, 1.165) is 0 Å². The second-order valence-corrected chi connectivity index (χ2v) is 4.29. The number of amidine groups is 1. The molecule has 16 heavy (non-hydrogen) atoms. The predicted molar refractivity (Wildman–Crippen MR) is 61.3 cm³/mol. The molecular formula is C10H21N3O3. The van der Waals surface area contributed by atoms with Gasteiger partial charge in [-0.15, -0.1) is 0 Å². The largest absolute Gasteiger partial charge is 0.409 e. The summed E-state index contributed by atoms with van der Waals surface area (Å²) in [6, 6.07) is 0. The molecule has 0 saturated heterocycles. The van der Waals surface area contributed by atoms with Crippen LogP contribution >= 0.6 is 0 Å². The van der Waals surface area contributed by atoms with E-state index in [1.807, 2.05) is 13.8 Å². The fourth-order valence-electron chi connectivity index (χ4n) is 1.42. The molecule has 0 aliphatic carbocycles. The minimum absolute atomic E-state index is 0.0757. The Hall–Kier alpha value is -1.30. The van der Waals surface area contributed by atoms with Crippen molar-refractivity contribution in [2.75, 3.05) is 13.7 Å². The summed E-state index contributed by atoms with van der Waals surface area (Å²) in [7, 11) is 1.56. The van der Waals surface area contributed by atoms with Crippen LogP contribution in [0.3, 0.4) is 0 Å². The zero-order valence-corrected chi connectivity index (χ0v) is 10.3. The summed E-state index contributed by atoms with van der Waals surface area (Å²) in [5.74, 6) is -0.950. The Kier molecular flexibility index (Phi) is 5.81. The van der Waals surface area contributed by atoms with E-state index in [2.05, 4.69) is 10.5 Å². The van der Waals surface area contributed by atoms with Crippen molar-refractivity contribution in [2.45, 2.75) is 32.7 Å². The zero-order valence-electron chi connectivity index (χ0n) is 10.3. The van der Waals surface area contributed by atoms with E-state index in [-0.39, 0.29) is 11.7 Å². The fraction of sp³-hybridized carbons (Fsp3) is 0.800. The summed E-state index contributed by atoms with van der Waals surface area (Å²) in [5.41, 5.74) is 4.95. The molecule has 0 aromatic heterocycles. The first-order valence-electron chi connectivity index (χ1n) is 5.16. The first-order valence-corrected chi connectivity index (χ1v) is 5.16. The Morgan fingerprint density at radius 2 is 2.19 bits per heavy atom. The summed E-state index contributed by atoms with van der Waals surface area (Å²) in [6.45, 7) is 5.87. The lowest BCUT2D eigenvalue weighted by atomic mass is 10.0. The second kappa shape index (κ2) is 6.32. The van der Waals surface area contributed by atoms with E-state index >= 15 is 0 Å². The Morgan fingerprint density at radius 1 is 1.62 bits per heavy atom. The lowest BCUT2D eigenvalue weighted by Gasteiger charge is -2.27. The highest BCUT2D eigenvalue weighted by atomic mass is 16.5. The molecular weight excluding hydrogens is 210 g/mol. The van der Waals surface area contributed by atoms with Crippen molar-refractivity contribution in [3.8, 4) is 0 Å². The Balaban J connectivity index is 4.55. The molecule has 0 rings (SSSR count). The number of carbonyl (C=O) groups excluding carboxylic acids is 1. The quantitative estimate of drug-likeness (QED) is 0.265. The van der Waals surface area contributed by atoms with Gasteiger partial charge in [-0.25, -0.2) is 0 Å². The molecule has 0 heterocycles. The monoisotopic (exact) mass is 231 g/mol. The summed E-state index contributed by atoms with van der Waals surface area (Å²) in [6.07, 6.45) is 0.477. The summed E-state index contributed by atoms with van der Waals surface area (Å²) in [5, 5.41) is 14.2. The van der Waals surface area contributed by atoms with E-state index in [0.29, 0.717) is 13.0 Å². The third-order valence-corrected chi connectivity index (χ3v) is 2.16. The Morgan fingerprint density at radius 3 is 2.56 bits per heavy atom. The number of nitrogens with two attached hydrogens (primary N) is 1. The van der Waals surface area contributed by atoms with Crippen LogP contribution in [0.15, 0.2) is 5.16 Å². The van der Waals surface area contributed by atoms with Crippen molar-refractivity contribution in [3.63, 3.8) is 0 Å². The minimum Gasteiger partial charge on any atom is -0.409 e. The molecule has 0 aliphatic heterocycles. The van der Waals surface area contributed by atoms with Gasteiger partial charge >= 0.3 is 0 Å². The Bertz CT molecular complexity index is 264. The number of nitrogens with zero attached hydrogens (tertiary/aromatic N) is 1. The molecule has 1 atom stereocenters. The van der Waals surface area contributed by atoms with Crippen LogP contribution in [0, 0.1) is 5.92 Å². The number of hydrogen-bond acceptors (Lipinski definition) is 4. The zero-order chi connectivity index (χ0) is 12.8. The van der Waals surface area contributed by atoms with Crippen LogP contribution < -0.4 is 11.1 Å². The summed E-state index contributed by atoms with van der Waals surface area (Å²) in [4.78, 5) is 11.8. The second-order valence-electron chi connectivity index (χ2n) is 4.29. The van der Waals surface area contributed by atoms with Crippen molar-refractivity contribution in [3.05, 3.63) is 0 Å². The van der Waals surface area contributed by atoms with Gasteiger partial charge in [-0.05, 0) is 20.3 Å². The molecule has 0 aromatic carbocycles. The van der Waals surface area contributed by atoms with Crippen molar-refractivity contribution in [1.29, 1.82) is 0 Å². The average molecular weight is 231 g/mol. The molecule has 6 nitrogen and oxygen atoms in total. The van der Waals surface area contributed by atoms with Crippen molar-refractivity contribution in [2.24, 2.45) is 16.8 Å². The molecule has 0 bridgehead atoms. The highest BCUT2D eigenvalue weighted by molar-refractivity contribution is 6.02. The predicted octanol–water partition coefficient (Wildman–Crippen LogP) is 0.300. The van der Waals surface area contributed by atoms with Gasteiger partial charge in [-0.2, -0.15) is 0 Å². The van der Waals surface area contributed by atoms with Crippen LogP contribution in [0.4, 0.5) is 0 Å². The van der Waals surface area contributed by atoms with Gasteiger partial charge in [0, 0.05) is 7.11 Å². The number of methoxy groups -OCH3 is 1. The number of ether oxygens (including phenoxy) is 1. The van der Waals surface area contributed by atoms with Gasteiger partial charge in [-0.3, -0.25) is 4.79 Å². The van der Waals surface area contributed by atoms with Crippen LogP contribution in [0.5, 0.6) is 0 Å². The fourth-order valence-corrected chi connectivity index (χ4v) is 1.42. The minimum atomic E-state index is -0.610. The maximum atomic E-state index is 11.8. The first kappa shape index (κ1) is 14.7. The van der Waals surface area contributed by atoms with E-state index in [9.17, 15) is 4.79 Å². The van der Waals surface area contributed by atoms with Gasteiger partial charge in [0.1, 0.15) is 0 Å². The van der Waals surface area contributed by atoms with Gasteiger partial charge in [0.25, 0.3) is 0 Å². The SMILES string of the molecule is CCC(C(=O)NC(C)(C)COC)C(N)=NO. The van der Waals surface area contributed by atoms with Crippen LogP contribution in [-0.2, 0) is 9.53 Å². The van der Waals surface area contributed by atoms with Crippen LogP contribution in [0.25, 0.3) is 0 Å². The lowest BCUT2D eigenvalue weighted by Crippen LogP contribution is -2.51. The number of amides is 1. The molecule has 0 aliphatic rings. The van der Waals surface area contributed by atoms with Crippen molar-refractivity contribution >= 4 is 11.7 Å². The highest BCUT2D eigenvalue weighted by Gasteiger charge is 2.27. The van der Waals surface area contributed by atoms with Crippen molar-refractivity contribution in [1.82, 2.24) is 5.32 Å². The number of carbonyl (C=O) groups is 1. The number of oxime groups is 1. The molecule has 6 heteroatoms. The van der Waals surface area contributed by atoms with E-state index < -0.39 is 11.5 Å². The number of rotatable bonds is 6. The van der Waals surface area contributed by atoms with Crippen molar-refractivity contribution < 1.29 is 14.7 Å². The molecule has 1 unspecified atom stereocenters. The standard InChI is InChI=1S/C10H21N3O3/c1-5-7(8(11)13-15)9(14)12-10(2,3)6-16-4/h7,15H,5-6H2,1-4H3,(H2,11,13)(H,12,14).